The molecule has 0 bridgehead atoms. The number of unbranched alkanes of at least 4 members (excludes halogenated alkanes) is 1. The summed E-state index contributed by atoms with van der Waals surface area (Å²) < 4.78 is 22.4. The Balaban J connectivity index is 4.41. The fraction of sp³-hybridized carbons (Fsp3) is 1.00. The average molecular weight is 277 g/mol. The molecular formula is C14H31NO2S. The molecule has 110 valence electrons. The Kier molecular flexibility index (Phi) is 8.87. The molecule has 0 saturated heterocycles. The summed E-state index contributed by atoms with van der Waals surface area (Å²) in [6.07, 6.45) is 7.92. The highest BCUT2D eigenvalue weighted by atomic mass is 32.2. The summed E-state index contributed by atoms with van der Waals surface area (Å²) in [5, 5.41) is 3.45. The molecule has 0 spiro atoms. The molecule has 0 rings (SSSR count). The van der Waals surface area contributed by atoms with Gasteiger partial charge in [-0.1, -0.05) is 33.6 Å². The van der Waals surface area contributed by atoms with Gasteiger partial charge in [-0.05, 0) is 37.6 Å². The van der Waals surface area contributed by atoms with Crippen LogP contribution in [0.3, 0.4) is 0 Å². The van der Waals surface area contributed by atoms with Crippen molar-refractivity contribution in [3.05, 3.63) is 0 Å². The molecule has 1 N–H and O–H groups in total. The Morgan fingerprint density at radius 2 is 1.67 bits per heavy atom. The minimum Gasteiger partial charge on any atom is -0.316 e. The Morgan fingerprint density at radius 1 is 1.06 bits per heavy atom. The number of hydrogen-bond acceptors (Lipinski definition) is 3. The number of rotatable bonds is 11. The minimum atomic E-state index is -2.82. The summed E-state index contributed by atoms with van der Waals surface area (Å²) >= 11 is 0. The normalized spacial score (nSPS) is 15.6. The smallest absolute Gasteiger partial charge is 0.147 e. The fourth-order valence-electron chi connectivity index (χ4n) is 2.43. The molecule has 0 aromatic heterocycles. The van der Waals surface area contributed by atoms with Crippen LogP contribution in [0.2, 0.25) is 0 Å². The molecular weight excluding hydrogens is 246 g/mol. The van der Waals surface area contributed by atoms with E-state index in [0.717, 1.165) is 32.4 Å². The standard InChI is InChI=1S/C14H31NO2S/c1-5-8-10-14(6-2,13-15-7-3)11-9-12-18(4,16)17/h15H,5-13H2,1-4H3. The summed E-state index contributed by atoms with van der Waals surface area (Å²) in [4.78, 5) is 0. The summed E-state index contributed by atoms with van der Waals surface area (Å²) in [5.74, 6) is 0.326. The quantitative estimate of drug-likeness (QED) is 0.631. The van der Waals surface area contributed by atoms with E-state index in [1.807, 2.05) is 0 Å². The molecule has 0 aromatic carbocycles. The maximum Gasteiger partial charge on any atom is 0.147 e. The zero-order valence-electron chi connectivity index (χ0n) is 12.6. The minimum absolute atomic E-state index is 0.288. The van der Waals surface area contributed by atoms with Crippen LogP contribution >= 0.6 is 0 Å². The van der Waals surface area contributed by atoms with E-state index in [9.17, 15) is 8.42 Å². The average Bonchev–Trinajstić information content (AvgIpc) is 2.31. The monoisotopic (exact) mass is 277 g/mol. The molecule has 0 radical (unpaired) electrons. The fourth-order valence-corrected chi connectivity index (χ4v) is 3.10. The van der Waals surface area contributed by atoms with Crippen molar-refractivity contribution in [2.75, 3.05) is 25.1 Å². The van der Waals surface area contributed by atoms with Crippen LogP contribution in [0.25, 0.3) is 0 Å². The third-order valence-electron chi connectivity index (χ3n) is 3.78. The summed E-state index contributed by atoms with van der Waals surface area (Å²) in [6.45, 7) is 8.57. The van der Waals surface area contributed by atoms with Gasteiger partial charge in [-0.15, -0.1) is 0 Å². The highest BCUT2D eigenvalue weighted by Gasteiger charge is 2.26. The van der Waals surface area contributed by atoms with Crippen molar-refractivity contribution in [3.8, 4) is 0 Å². The van der Waals surface area contributed by atoms with Gasteiger partial charge >= 0.3 is 0 Å². The second-order valence-electron chi connectivity index (χ2n) is 5.47. The van der Waals surface area contributed by atoms with E-state index < -0.39 is 9.84 Å². The molecule has 0 amide bonds. The van der Waals surface area contributed by atoms with Crippen LogP contribution in [0.15, 0.2) is 0 Å². The lowest BCUT2D eigenvalue weighted by Gasteiger charge is -2.33. The molecule has 0 aromatic rings. The Bertz CT molecular complexity index is 291. The topological polar surface area (TPSA) is 46.2 Å². The summed E-state index contributed by atoms with van der Waals surface area (Å²) in [6, 6.07) is 0. The Labute approximate surface area is 114 Å². The van der Waals surface area contributed by atoms with Crippen molar-refractivity contribution in [1.82, 2.24) is 5.32 Å². The molecule has 0 heterocycles. The third-order valence-corrected chi connectivity index (χ3v) is 4.81. The number of sulfone groups is 1. The van der Waals surface area contributed by atoms with Crippen molar-refractivity contribution in [2.24, 2.45) is 5.41 Å². The molecule has 3 nitrogen and oxygen atoms in total. The molecule has 0 aliphatic carbocycles. The van der Waals surface area contributed by atoms with E-state index >= 15 is 0 Å². The van der Waals surface area contributed by atoms with E-state index in [-0.39, 0.29) is 5.41 Å². The first-order valence-electron chi connectivity index (χ1n) is 7.27. The predicted octanol–water partition coefficient (Wildman–Crippen LogP) is 3.01. The molecule has 0 aliphatic rings. The first-order chi connectivity index (χ1) is 8.39. The second-order valence-corrected chi connectivity index (χ2v) is 7.73. The lowest BCUT2D eigenvalue weighted by molar-refractivity contribution is 0.212. The predicted molar refractivity (Wildman–Crippen MR) is 79.7 cm³/mol. The van der Waals surface area contributed by atoms with Crippen LogP contribution in [-0.4, -0.2) is 33.5 Å². The summed E-state index contributed by atoms with van der Waals surface area (Å²) in [7, 11) is -2.82. The van der Waals surface area contributed by atoms with Gasteiger partial charge in [0.15, 0.2) is 0 Å². The highest BCUT2D eigenvalue weighted by molar-refractivity contribution is 7.90. The van der Waals surface area contributed by atoms with Gasteiger partial charge in [0.25, 0.3) is 0 Å². The lowest BCUT2D eigenvalue weighted by atomic mass is 9.76. The van der Waals surface area contributed by atoms with E-state index in [0.29, 0.717) is 5.75 Å². The van der Waals surface area contributed by atoms with Gasteiger partial charge in [0.2, 0.25) is 0 Å². The highest BCUT2D eigenvalue weighted by Crippen LogP contribution is 2.33. The zero-order chi connectivity index (χ0) is 14.1. The van der Waals surface area contributed by atoms with E-state index in [2.05, 4.69) is 26.1 Å². The van der Waals surface area contributed by atoms with Crippen molar-refractivity contribution in [1.29, 1.82) is 0 Å². The number of nitrogens with one attached hydrogen (secondary N) is 1. The first kappa shape index (κ1) is 17.9. The largest absolute Gasteiger partial charge is 0.316 e. The van der Waals surface area contributed by atoms with Crippen LogP contribution in [0, 0.1) is 5.41 Å². The van der Waals surface area contributed by atoms with Crippen LogP contribution in [0.5, 0.6) is 0 Å². The van der Waals surface area contributed by atoms with Crippen LogP contribution < -0.4 is 5.32 Å². The van der Waals surface area contributed by atoms with Crippen LogP contribution in [0.4, 0.5) is 0 Å². The third kappa shape index (κ3) is 8.09. The lowest BCUT2D eigenvalue weighted by Crippen LogP contribution is -2.34. The Morgan fingerprint density at radius 3 is 2.11 bits per heavy atom. The van der Waals surface area contributed by atoms with Crippen molar-refractivity contribution >= 4 is 9.84 Å². The second kappa shape index (κ2) is 8.92. The van der Waals surface area contributed by atoms with Gasteiger partial charge in [0, 0.05) is 18.6 Å². The zero-order valence-corrected chi connectivity index (χ0v) is 13.4. The maximum atomic E-state index is 11.2. The van der Waals surface area contributed by atoms with Crippen LogP contribution in [0.1, 0.15) is 59.3 Å². The first-order valence-corrected chi connectivity index (χ1v) is 9.33. The SMILES string of the molecule is CCCCC(CC)(CCCS(C)(=O)=O)CNCC. The molecule has 0 fully saturated rings. The Hall–Kier alpha value is -0.0900. The van der Waals surface area contributed by atoms with Gasteiger partial charge in [0.05, 0.1) is 0 Å². The van der Waals surface area contributed by atoms with Gasteiger partial charge in [0.1, 0.15) is 9.84 Å². The number of hydrogen-bond donors (Lipinski definition) is 1. The maximum absolute atomic E-state index is 11.2. The van der Waals surface area contributed by atoms with Gasteiger partial charge in [-0.3, -0.25) is 0 Å². The van der Waals surface area contributed by atoms with E-state index in [1.165, 1.54) is 25.5 Å². The molecule has 1 atom stereocenters. The van der Waals surface area contributed by atoms with Gasteiger partial charge in [-0.25, -0.2) is 8.42 Å². The van der Waals surface area contributed by atoms with Crippen molar-refractivity contribution in [2.45, 2.75) is 59.3 Å². The van der Waals surface area contributed by atoms with Gasteiger partial charge in [-0.2, -0.15) is 0 Å². The van der Waals surface area contributed by atoms with Crippen molar-refractivity contribution < 1.29 is 8.42 Å². The van der Waals surface area contributed by atoms with Crippen molar-refractivity contribution in [3.63, 3.8) is 0 Å². The van der Waals surface area contributed by atoms with Crippen LogP contribution in [-0.2, 0) is 9.84 Å². The molecule has 1 unspecified atom stereocenters. The van der Waals surface area contributed by atoms with E-state index in [4.69, 9.17) is 0 Å². The van der Waals surface area contributed by atoms with Gasteiger partial charge < -0.3 is 5.32 Å². The molecule has 0 aliphatic heterocycles. The van der Waals surface area contributed by atoms with E-state index in [1.54, 1.807) is 0 Å². The molecule has 18 heavy (non-hydrogen) atoms. The summed E-state index contributed by atoms with van der Waals surface area (Å²) in [5.41, 5.74) is 0.288. The molecule has 4 heteroatoms. The molecule has 0 saturated carbocycles.